The first-order valence-corrected chi connectivity index (χ1v) is 12.6. The van der Waals surface area contributed by atoms with Crippen LogP contribution >= 0.6 is 0 Å². The SMILES string of the molecule is COc1ccc2c3c(n(C)c2c1)[C@@H](CO)N(C)CC31CCN(S(=O)(=O)c2cn(C)cn2)CC1. The van der Waals surface area contributed by atoms with Crippen LogP contribution in [-0.4, -0.2) is 77.2 Å². The molecular weight excluding hydrogens is 442 g/mol. The van der Waals surface area contributed by atoms with Crippen molar-refractivity contribution < 1.29 is 18.3 Å². The number of aryl methyl sites for hydroxylation is 2. The normalized spacial score (nSPS) is 21.5. The molecule has 1 N–H and O–H groups in total. The summed E-state index contributed by atoms with van der Waals surface area (Å²) in [6, 6.07) is 6.01. The Morgan fingerprint density at radius 3 is 2.55 bits per heavy atom. The van der Waals surface area contributed by atoms with Crippen LogP contribution in [0.25, 0.3) is 10.9 Å². The Labute approximate surface area is 194 Å². The quantitative estimate of drug-likeness (QED) is 0.619. The first-order valence-electron chi connectivity index (χ1n) is 11.2. The number of ether oxygens (including phenoxy) is 1. The first-order chi connectivity index (χ1) is 15.7. The maximum absolute atomic E-state index is 13.2. The molecule has 2 aromatic heterocycles. The Morgan fingerprint density at radius 1 is 1.21 bits per heavy atom. The van der Waals surface area contributed by atoms with Crippen LogP contribution < -0.4 is 4.74 Å². The second-order valence-electron chi connectivity index (χ2n) is 9.38. The van der Waals surface area contributed by atoms with Crippen LogP contribution in [0.2, 0.25) is 0 Å². The van der Waals surface area contributed by atoms with E-state index in [2.05, 4.69) is 20.5 Å². The molecule has 33 heavy (non-hydrogen) atoms. The summed E-state index contributed by atoms with van der Waals surface area (Å²) in [5.41, 5.74) is 3.22. The summed E-state index contributed by atoms with van der Waals surface area (Å²) in [5, 5.41) is 11.5. The lowest BCUT2D eigenvalue weighted by Gasteiger charge is -2.49. The molecule has 1 fully saturated rings. The number of aliphatic hydroxyl groups excluding tert-OH is 1. The largest absolute Gasteiger partial charge is 0.497 e. The van der Waals surface area contributed by atoms with Crippen LogP contribution in [0.15, 0.2) is 35.7 Å². The summed E-state index contributed by atoms with van der Waals surface area (Å²) in [4.78, 5) is 6.29. The molecule has 0 unspecified atom stereocenters. The molecule has 3 aromatic rings. The van der Waals surface area contributed by atoms with E-state index in [0.29, 0.717) is 25.9 Å². The highest BCUT2D eigenvalue weighted by Gasteiger charge is 2.48. The lowest BCUT2D eigenvalue weighted by atomic mass is 9.68. The predicted octanol–water partition coefficient (Wildman–Crippen LogP) is 1.62. The Kier molecular flexibility index (Phi) is 5.32. The molecule has 0 amide bonds. The van der Waals surface area contributed by atoms with Gasteiger partial charge in [0.15, 0.2) is 5.03 Å². The van der Waals surface area contributed by atoms with Crippen LogP contribution in [0.4, 0.5) is 0 Å². The summed E-state index contributed by atoms with van der Waals surface area (Å²) in [6.07, 6.45) is 4.48. The number of nitrogens with zero attached hydrogens (tertiary/aromatic N) is 5. The third-order valence-corrected chi connectivity index (χ3v) is 9.31. The van der Waals surface area contributed by atoms with E-state index in [0.717, 1.165) is 28.9 Å². The van der Waals surface area contributed by atoms with E-state index < -0.39 is 10.0 Å². The van der Waals surface area contributed by atoms with E-state index in [1.165, 1.54) is 11.9 Å². The van der Waals surface area contributed by atoms with E-state index in [1.807, 2.05) is 26.2 Å². The number of likely N-dealkylation sites (N-methyl/N-ethyl adjacent to an activating group) is 1. The van der Waals surface area contributed by atoms with Crippen LogP contribution in [0, 0.1) is 0 Å². The Balaban J connectivity index is 1.57. The molecule has 9 nitrogen and oxygen atoms in total. The fourth-order valence-corrected chi connectivity index (χ4v) is 7.24. The molecule has 0 radical (unpaired) electrons. The molecule has 5 rings (SSSR count). The molecule has 1 saturated heterocycles. The molecule has 0 bridgehead atoms. The number of aliphatic hydroxyl groups is 1. The first kappa shape index (κ1) is 22.4. The molecule has 0 aliphatic carbocycles. The van der Waals surface area contributed by atoms with Crippen molar-refractivity contribution in [2.45, 2.75) is 29.3 Å². The minimum atomic E-state index is -3.62. The van der Waals surface area contributed by atoms with Gasteiger partial charge in [0.2, 0.25) is 0 Å². The summed E-state index contributed by atoms with van der Waals surface area (Å²) >= 11 is 0. The van der Waals surface area contributed by atoms with E-state index in [9.17, 15) is 13.5 Å². The maximum atomic E-state index is 13.2. The number of piperidine rings is 1. The van der Waals surface area contributed by atoms with Gasteiger partial charge in [0.1, 0.15) is 5.75 Å². The molecule has 4 heterocycles. The lowest BCUT2D eigenvalue weighted by Crippen LogP contribution is -2.53. The Morgan fingerprint density at radius 2 is 1.94 bits per heavy atom. The van der Waals surface area contributed by atoms with Gasteiger partial charge in [-0.3, -0.25) is 4.90 Å². The highest BCUT2D eigenvalue weighted by atomic mass is 32.2. The topological polar surface area (TPSA) is 92.8 Å². The van der Waals surface area contributed by atoms with E-state index in [1.54, 1.807) is 29.2 Å². The molecule has 178 valence electrons. The molecule has 1 atom stereocenters. The molecular formula is C23H31N5O4S. The zero-order chi connectivity index (χ0) is 23.5. The highest BCUT2D eigenvalue weighted by molar-refractivity contribution is 7.89. The number of rotatable bonds is 4. The van der Waals surface area contributed by atoms with Crippen molar-refractivity contribution in [3.05, 3.63) is 42.0 Å². The third-order valence-electron chi connectivity index (χ3n) is 7.52. The van der Waals surface area contributed by atoms with Crippen LogP contribution in [0.3, 0.4) is 0 Å². The molecule has 1 aromatic carbocycles. The summed E-state index contributed by atoms with van der Waals surface area (Å²) in [7, 11) is 3.89. The van der Waals surface area contributed by atoms with Crippen molar-refractivity contribution in [3.63, 3.8) is 0 Å². The molecule has 0 saturated carbocycles. The number of hydrogen-bond donors (Lipinski definition) is 1. The Hall–Kier alpha value is -2.40. The summed E-state index contributed by atoms with van der Waals surface area (Å²) in [6.45, 7) is 1.67. The Bertz CT molecular complexity index is 1300. The van der Waals surface area contributed by atoms with Crippen molar-refractivity contribution in [2.24, 2.45) is 14.1 Å². The molecule has 2 aliphatic rings. The number of fused-ring (bicyclic) bond motifs is 4. The van der Waals surface area contributed by atoms with Gasteiger partial charge in [-0.1, -0.05) is 0 Å². The van der Waals surface area contributed by atoms with Gasteiger partial charge in [-0.05, 0) is 37.6 Å². The average molecular weight is 474 g/mol. The van der Waals surface area contributed by atoms with Gasteiger partial charge in [-0.25, -0.2) is 13.4 Å². The van der Waals surface area contributed by atoms with Crippen LogP contribution in [0.1, 0.15) is 30.1 Å². The number of aromatic nitrogens is 3. The van der Waals surface area contributed by atoms with Crippen LogP contribution in [-0.2, 0) is 29.5 Å². The van der Waals surface area contributed by atoms with E-state index in [4.69, 9.17) is 4.74 Å². The van der Waals surface area contributed by atoms with Gasteiger partial charge < -0.3 is 19.0 Å². The van der Waals surface area contributed by atoms with Crippen LogP contribution in [0.5, 0.6) is 5.75 Å². The van der Waals surface area contributed by atoms with Gasteiger partial charge in [0.25, 0.3) is 10.0 Å². The van der Waals surface area contributed by atoms with Gasteiger partial charge in [0, 0.05) is 62.5 Å². The number of methoxy groups -OCH3 is 1. The number of imidazole rings is 1. The molecule has 10 heteroatoms. The lowest BCUT2D eigenvalue weighted by molar-refractivity contribution is 0.0775. The maximum Gasteiger partial charge on any atom is 0.262 e. The van der Waals surface area contributed by atoms with Crippen molar-refractivity contribution in [3.8, 4) is 5.75 Å². The minimum absolute atomic E-state index is 0.0288. The second-order valence-corrected chi connectivity index (χ2v) is 11.3. The average Bonchev–Trinajstić information content (AvgIpc) is 3.37. The minimum Gasteiger partial charge on any atom is -0.497 e. The molecule has 2 aliphatic heterocycles. The number of hydrogen-bond acceptors (Lipinski definition) is 6. The highest BCUT2D eigenvalue weighted by Crippen LogP contribution is 2.49. The number of sulfonamides is 1. The van der Waals surface area contributed by atoms with Gasteiger partial charge in [-0.2, -0.15) is 4.31 Å². The van der Waals surface area contributed by atoms with Crippen molar-refractivity contribution in [2.75, 3.05) is 40.4 Å². The smallest absolute Gasteiger partial charge is 0.262 e. The predicted molar refractivity (Wildman–Crippen MR) is 125 cm³/mol. The van der Waals surface area contributed by atoms with Crippen molar-refractivity contribution >= 4 is 20.9 Å². The fourth-order valence-electron chi connectivity index (χ4n) is 5.83. The summed E-state index contributed by atoms with van der Waals surface area (Å²) in [5.74, 6) is 0.791. The third kappa shape index (κ3) is 3.30. The zero-order valence-corrected chi connectivity index (χ0v) is 20.3. The monoisotopic (exact) mass is 473 g/mol. The van der Waals surface area contributed by atoms with Gasteiger partial charge in [-0.15, -0.1) is 0 Å². The van der Waals surface area contributed by atoms with Gasteiger partial charge >= 0.3 is 0 Å². The molecule has 1 spiro atoms. The second kappa shape index (κ2) is 7.83. The standard InChI is InChI=1S/C23H31N5O4S/c1-25-12-20(24-15-25)33(30,31)28-9-7-23(8-10-28)14-26(2)19(13-29)22-21(23)17-6-5-16(32-4)11-18(17)27(22)3/h5-6,11-12,15,19,29H,7-10,13-14H2,1-4H3/t19-/m1/s1. The van der Waals surface area contributed by atoms with E-state index >= 15 is 0 Å². The van der Waals surface area contributed by atoms with Crippen molar-refractivity contribution in [1.29, 1.82) is 0 Å². The van der Waals surface area contributed by atoms with E-state index in [-0.39, 0.29) is 23.1 Å². The fraction of sp³-hybridized carbons (Fsp3) is 0.522. The van der Waals surface area contributed by atoms with Gasteiger partial charge in [0.05, 0.1) is 31.6 Å². The summed E-state index contributed by atoms with van der Waals surface area (Å²) < 4.78 is 37.2. The number of benzene rings is 1. The zero-order valence-electron chi connectivity index (χ0n) is 19.5. The van der Waals surface area contributed by atoms with Crippen molar-refractivity contribution in [1.82, 2.24) is 23.3 Å².